The standard InChI is InChI=1S/C11H15FO/c1-6-7(2)9(4)11(5,8(6)3)10(12)13/h1-5H3. The van der Waals surface area contributed by atoms with Crippen molar-refractivity contribution in [1.29, 1.82) is 0 Å². The van der Waals surface area contributed by atoms with Crippen molar-refractivity contribution in [2.24, 2.45) is 5.41 Å². The van der Waals surface area contributed by atoms with Crippen LogP contribution in [-0.4, -0.2) is 6.04 Å². The van der Waals surface area contributed by atoms with E-state index >= 15 is 0 Å². The van der Waals surface area contributed by atoms with E-state index in [1.54, 1.807) is 6.92 Å². The molecule has 1 nitrogen and oxygen atoms in total. The van der Waals surface area contributed by atoms with Crippen LogP contribution in [0.15, 0.2) is 22.3 Å². The highest BCUT2D eigenvalue weighted by atomic mass is 19.1. The Bertz CT molecular complexity index is 310. The molecule has 0 fully saturated rings. The molecule has 0 radical (unpaired) electrons. The normalized spacial score (nSPS) is 21.4. The van der Waals surface area contributed by atoms with Gasteiger partial charge in [-0.1, -0.05) is 11.1 Å². The molecule has 0 spiro atoms. The van der Waals surface area contributed by atoms with Crippen molar-refractivity contribution < 1.29 is 9.18 Å². The molecular formula is C11H15FO. The van der Waals surface area contributed by atoms with Crippen LogP contribution < -0.4 is 0 Å². The summed E-state index contributed by atoms with van der Waals surface area (Å²) < 4.78 is 12.9. The summed E-state index contributed by atoms with van der Waals surface area (Å²) in [6, 6.07) is -1.25. The number of allylic oxidation sites excluding steroid dienone is 4. The van der Waals surface area contributed by atoms with Gasteiger partial charge in [-0.3, -0.25) is 4.79 Å². The Morgan fingerprint density at radius 2 is 1.38 bits per heavy atom. The first-order chi connectivity index (χ1) is 5.83. The molecule has 72 valence electrons. The zero-order chi connectivity index (χ0) is 10.4. The van der Waals surface area contributed by atoms with Crippen molar-refractivity contribution in [3.05, 3.63) is 22.3 Å². The molecule has 0 aromatic carbocycles. The SMILES string of the molecule is CC1=C(C)C(C)(C(=O)F)C(C)=C1C. The fraction of sp³-hybridized carbons (Fsp3) is 0.545. The van der Waals surface area contributed by atoms with Crippen molar-refractivity contribution in [3.63, 3.8) is 0 Å². The van der Waals surface area contributed by atoms with Gasteiger partial charge in [-0.2, -0.15) is 4.39 Å². The summed E-state index contributed by atoms with van der Waals surface area (Å²) in [7, 11) is 0. The maximum atomic E-state index is 12.9. The molecule has 2 heteroatoms. The summed E-state index contributed by atoms with van der Waals surface area (Å²) in [5.41, 5.74) is 2.79. The molecule has 13 heavy (non-hydrogen) atoms. The highest BCUT2D eigenvalue weighted by Crippen LogP contribution is 2.47. The molecule has 0 saturated carbocycles. The minimum absolute atomic E-state index is 0.843. The predicted molar refractivity (Wildman–Crippen MR) is 51.0 cm³/mol. The lowest BCUT2D eigenvalue weighted by Crippen LogP contribution is -2.25. The molecule has 0 aromatic rings. The summed E-state index contributed by atoms with van der Waals surface area (Å²) in [4.78, 5) is 10.9. The first-order valence-corrected chi connectivity index (χ1v) is 4.39. The molecule has 0 aromatic heterocycles. The van der Waals surface area contributed by atoms with E-state index in [9.17, 15) is 9.18 Å². The zero-order valence-corrected chi connectivity index (χ0v) is 8.79. The van der Waals surface area contributed by atoms with E-state index in [1.807, 2.05) is 27.7 Å². The van der Waals surface area contributed by atoms with Crippen LogP contribution in [0.1, 0.15) is 34.6 Å². The Morgan fingerprint density at radius 3 is 1.54 bits per heavy atom. The van der Waals surface area contributed by atoms with E-state index in [4.69, 9.17) is 0 Å². The number of carbonyl (C=O) groups excluding carboxylic acids is 1. The lowest BCUT2D eigenvalue weighted by Gasteiger charge is -2.22. The van der Waals surface area contributed by atoms with E-state index in [-0.39, 0.29) is 0 Å². The van der Waals surface area contributed by atoms with Crippen LogP contribution in [0.4, 0.5) is 4.39 Å². The van der Waals surface area contributed by atoms with E-state index < -0.39 is 11.5 Å². The third-order valence-electron chi connectivity index (χ3n) is 3.58. The van der Waals surface area contributed by atoms with Crippen LogP contribution in [0.2, 0.25) is 0 Å². The minimum atomic E-state index is -1.25. The summed E-state index contributed by atoms with van der Waals surface area (Å²) in [5, 5.41) is 0. The Morgan fingerprint density at radius 1 is 1.08 bits per heavy atom. The molecule has 0 bridgehead atoms. The van der Waals surface area contributed by atoms with Gasteiger partial charge < -0.3 is 0 Å². The van der Waals surface area contributed by atoms with Gasteiger partial charge in [0, 0.05) is 0 Å². The highest BCUT2D eigenvalue weighted by molar-refractivity contribution is 5.85. The highest BCUT2D eigenvalue weighted by Gasteiger charge is 2.42. The quantitative estimate of drug-likeness (QED) is 0.569. The fourth-order valence-electron chi connectivity index (χ4n) is 1.89. The molecule has 1 rings (SSSR count). The first kappa shape index (κ1) is 10.2. The Balaban J connectivity index is 3.39. The number of halogens is 1. The van der Waals surface area contributed by atoms with E-state index in [0.717, 1.165) is 22.3 Å². The number of rotatable bonds is 1. The van der Waals surface area contributed by atoms with Gasteiger partial charge in [0.05, 0.1) is 0 Å². The summed E-state index contributed by atoms with van der Waals surface area (Å²) in [6.07, 6.45) is 0. The number of carbonyl (C=O) groups is 1. The molecule has 0 atom stereocenters. The van der Waals surface area contributed by atoms with Gasteiger partial charge >= 0.3 is 6.04 Å². The van der Waals surface area contributed by atoms with Crippen LogP contribution in [0.3, 0.4) is 0 Å². The van der Waals surface area contributed by atoms with Crippen molar-refractivity contribution in [2.75, 3.05) is 0 Å². The molecule has 0 N–H and O–H groups in total. The Hall–Kier alpha value is -0.920. The second kappa shape index (κ2) is 2.79. The van der Waals surface area contributed by atoms with Gasteiger partial charge in [0.1, 0.15) is 5.41 Å². The van der Waals surface area contributed by atoms with Crippen molar-refractivity contribution in [2.45, 2.75) is 34.6 Å². The zero-order valence-electron chi connectivity index (χ0n) is 8.79. The lowest BCUT2D eigenvalue weighted by molar-refractivity contribution is -0.135. The molecule has 0 saturated heterocycles. The third-order valence-corrected chi connectivity index (χ3v) is 3.58. The maximum Gasteiger partial charge on any atom is 0.315 e. The fourth-order valence-corrected chi connectivity index (χ4v) is 1.89. The van der Waals surface area contributed by atoms with Gasteiger partial charge in [0.2, 0.25) is 0 Å². The largest absolute Gasteiger partial charge is 0.315 e. The van der Waals surface area contributed by atoms with Gasteiger partial charge in [-0.15, -0.1) is 0 Å². The number of hydrogen-bond acceptors (Lipinski definition) is 1. The number of hydrogen-bond donors (Lipinski definition) is 0. The van der Waals surface area contributed by atoms with Gasteiger partial charge in [0.15, 0.2) is 0 Å². The van der Waals surface area contributed by atoms with Crippen LogP contribution in [-0.2, 0) is 4.79 Å². The van der Waals surface area contributed by atoms with Crippen LogP contribution >= 0.6 is 0 Å². The molecule has 0 heterocycles. The van der Waals surface area contributed by atoms with Gasteiger partial charge in [-0.05, 0) is 45.8 Å². The molecule has 0 amide bonds. The molecule has 1 aliphatic carbocycles. The predicted octanol–water partition coefficient (Wildman–Crippen LogP) is 3.18. The maximum absolute atomic E-state index is 12.9. The second-order valence-electron chi connectivity index (χ2n) is 3.90. The lowest BCUT2D eigenvalue weighted by atomic mass is 9.80. The van der Waals surface area contributed by atoms with E-state index in [2.05, 4.69) is 0 Å². The van der Waals surface area contributed by atoms with Crippen molar-refractivity contribution >= 4 is 6.04 Å². The second-order valence-corrected chi connectivity index (χ2v) is 3.90. The topological polar surface area (TPSA) is 17.1 Å². The Kier molecular flexibility index (Phi) is 2.18. The Labute approximate surface area is 78.3 Å². The average molecular weight is 182 g/mol. The summed E-state index contributed by atoms with van der Waals surface area (Å²) >= 11 is 0. The summed E-state index contributed by atoms with van der Waals surface area (Å²) in [6.45, 7) is 9.17. The minimum Gasteiger partial charge on any atom is -0.260 e. The van der Waals surface area contributed by atoms with Crippen LogP contribution in [0.25, 0.3) is 0 Å². The molecule has 0 unspecified atom stereocenters. The third kappa shape index (κ3) is 1.08. The van der Waals surface area contributed by atoms with Gasteiger partial charge in [-0.25, -0.2) is 0 Å². The smallest absolute Gasteiger partial charge is 0.260 e. The molecule has 1 aliphatic rings. The van der Waals surface area contributed by atoms with Crippen molar-refractivity contribution in [3.8, 4) is 0 Å². The monoisotopic (exact) mass is 182 g/mol. The van der Waals surface area contributed by atoms with E-state index in [1.165, 1.54) is 0 Å². The van der Waals surface area contributed by atoms with Crippen molar-refractivity contribution in [1.82, 2.24) is 0 Å². The van der Waals surface area contributed by atoms with Gasteiger partial charge in [0.25, 0.3) is 0 Å². The average Bonchev–Trinajstić information content (AvgIpc) is 2.22. The molecule has 0 aliphatic heterocycles. The van der Waals surface area contributed by atoms with E-state index in [0.29, 0.717) is 0 Å². The van der Waals surface area contributed by atoms with Crippen LogP contribution in [0.5, 0.6) is 0 Å². The molecular weight excluding hydrogens is 167 g/mol. The van der Waals surface area contributed by atoms with Crippen LogP contribution in [0, 0.1) is 5.41 Å². The summed E-state index contributed by atoms with van der Waals surface area (Å²) in [5.74, 6) is 0. The first-order valence-electron chi connectivity index (χ1n) is 4.39.